The molecule has 0 amide bonds. The van der Waals surface area contributed by atoms with Gasteiger partial charge >= 0.3 is 5.97 Å². The number of ether oxygens (including phenoxy) is 1. The molecule has 1 aliphatic carbocycles. The first-order valence-corrected chi connectivity index (χ1v) is 9.84. The first-order chi connectivity index (χ1) is 12.7. The van der Waals surface area contributed by atoms with E-state index in [4.69, 9.17) is 4.74 Å². The summed E-state index contributed by atoms with van der Waals surface area (Å²) >= 11 is 0. The lowest BCUT2D eigenvalue weighted by molar-refractivity contribution is -0.147. The molecule has 2 rings (SSSR count). The largest absolute Gasteiger partial charge is 0.464 e. The molecule has 1 saturated carbocycles. The molecule has 0 saturated heterocycles. The van der Waals surface area contributed by atoms with E-state index >= 15 is 0 Å². The summed E-state index contributed by atoms with van der Waals surface area (Å²) in [5.74, 6) is 6.85. The van der Waals surface area contributed by atoms with Gasteiger partial charge in [0, 0.05) is 19.5 Å². The van der Waals surface area contributed by atoms with Gasteiger partial charge in [-0.2, -0.15) is 0 Å². The molecule has 0 bridgehead atoms. The standard InChI is InChI=1S/C23H31NO2/c1-3-5-6-10-15-22(23(25)26-4-2)24(18-11-14-20-16-17-20)19-21-12-8-7-9-13-21/h7-9,11-14,20,22H,3-6,16-19H2,1-2H3/b14-11+. The van der Waals surface area contributed by atoms with Crippen molar-refractivity contribution >= 4 is 5.97 Å². The van der Waals surface area contributed by atoms with Gasteiger partial charge in [-0.1, -0.05) is 61.7 Å². The molecule has 3 nitrogen and oxygen atoms in total. The van der Waals surface area contributed by atoms with Gasteiger partial charge in [0.25, 0.3) is 0 Å². The normalized spacial score (nSPS) is 14.9. The van der Waals surface area contributed by atoms with Crippen LogP contribution in [0.15, 0.2) is 42.5 Å². The van der Waals surface area contributed by atoms with Crippen LogP contribution in [0.25, 0.3) is 0 Å². The van der Waals surface area contributed by atoms with E-state index in [1.54, 1.807) is 0 Å². The van der Waals surface area contributed by atoms with Gasteiger partial charge in [0.1, 0.15) is 0 Å². The zero-order valence-corrected chi connectivity index (χ0v) is 16.1. The molecule has 0 N–H and O–H groups in total. The molecule has 3 heteroatoms. The molecule has 1 unspecified atom stereocenters. The maximum atomic E-state index is 12.6. The van der Waals surface area contributed by atoms with Gasteiger partial charge in [0.15, 0.2) is 6.04 Å². The van der Waals surface area contributed by atoms with Gasteiger partial charge < -0.3 is 4.74 Å². The Balaban J connectivity index is 2.15. The molecule has 0 radical (unpaired) electrons. The Hall–Kier alpha value is -2.05. The van der Waals surface area contributed by atoms with Crippen LogP contribution in [0, 0.1) is 17.8 Å². The Morgan fingerprint density at radius 3 is 2.73 bits per heavy atom. The molecule has 1 aliphatic rings. The topological polar surface area (TPSA) is 29.5 Å². The van der Waals surface area contributed by atoms with Gasteiger partial charge in [-0.25, -0.2) is 4.79 Å². The average Bonchev–Trinajstić information content (AvgIpc) is 3.46. The van der Waals surface area contributed by atoms with Gasteiger partial charge in [0.05, 0.1) is 6.61 Å². The molecule has 26 heavy (non-hydrogen) atoms. The zero-order chi connectivity index (χ0) is 18.6. The zero-order valence-electron chi connectivity index (χ0n) is 16.1. The molecule has 0 aliphatic heterocycles. The lowest BCUT2D eigenvalue weighted by Crippen LogP contribution is -2.41. The molecule has 1 aromatic carbocycles. The second-order valence-electron chi connectivity index (χ2n) is 6.76. The van der Waals surface area contributed by atoms with E-state index in [1.165, 1.54) is 18.4 Å². The van der Waals surface area contributed by atoms with Crippen LogP contribution < -0.4 is 0 Å². The van der Waals surface area contributed by atoms with Crippen molar-refractivity contribution in [2.75, 3.05) is 13.2 Å². The van der Waals surface area contributed by atoms with E-state index in [9.17, 15) is 4.79 Å². The Labute approximate surface area is 158 Å². The molecule has 0 aromatic heterocycles. The number of benzene rings is 1. The highest BCUT2D eigenvalue weighted by atomic mass is 16.5. The molecule has 0 spiro atoms. The van der Waals surface area contributed by atoms with Crippen molar-refractivity contribution in [1.82, 2.24) is 4.90 Å². The summed E-state index contributed by atoms with van der Waals surface area (Å²) in [7, 11) is 0. The van der Waals surface area contributed by atoms with Crippen molar-refractivity contribution in [2.45, 2.75) is 58.5 Å². The quantitative estimate of drug-likeness (QED) is 0.267. The fraction of sp³-hybridized carbons (Fsp3) is 0.522. The van der Waals surface area contributed by atoms with Gasteiger partial charge in [-0.3, -0.25) is 4.90 Å². The van der Waals surface area contributed by atoms with E-state index in [0.717, 1.165) is 25.2 Å². The highest BCUT2D eigenvalue weighted by Gasteiger charge is 2.25. The molecule has 1 aromatic rings. The molecular formula is C23H31NO2. The SMILES string of the molecule is CCCCC#CC(C(=O)OCC)N(C/C=C/C1CC1)Cc1ccccc1. The Kier molecular flexibility index (Phi) is 9.00. The van der Waals surface area contributed by atoms with Crippen LogP contribution in [-0.2, 0) is 16.1 Å². The molecule has 0 heterocycles. The minimum absolute atomic E-state index is 0.243. The van der Waals surface area contributed by atoms with Crippen LogP contribution in [0.5, 0.6) is 0 Å². The number of nitrogens with zero attached hydrogens (tertiary/aromatic N) is 1. The second-order valence-corrected chi connectivity index (χ2v) is 6.76. The van der Waals surface area contributed by atoms with E-state index < -0.39 is 6.04 Å². The van der Waals surface area contributed by atoms with Crippen LogP contribution in [-0.4, -0.2) is 30.1 Å². The highest BCUT2D eigenvalue weighted by Crippen LogP contribution is 2.30. The van der Waals surface area contributed by atoms with Crippen LogP contribution in [0.2, 0.25) is 0 Å². The Morgan fingerprint density at radius 2 is 2.08 bits per heavy atom. The van der Waals surface area contributed by atoms with E-state index in [2.05, 4.69) is 47.9 Å². The van der Waals surface area contributed by atoms with Crippen LogP contribution in [0.4, 0.5) is 0 Å². The van der Waals surface area contributed by atoms with Crippen molar-refractivity contribution < 1.29 is 9.53 Å². The lowest BCUT2D eigenvalue weighted by atomic mass is 10.1. The number of carbonyl (C=O) groups excluding carboxylic acids is 1. The monoisotopic (exact) mass is 353 g/mol. The summed E-state index contributed by atoms with van der Waals surface area (Å²) in [4.78, 5) is 14.7. The fourth-order valence-corrected chi connectivity index (χ4v) is 2.71. The van der Waals surface area contributed by atoms with Crippen molar-refractivity contribution in [2.24, 2.45) is 5.92 Å². The fourth-order valence-electron chi connectivity index (χ4n) is 2.71. The lowest BCUT2D eigenvalue weighted by Gasteiger charge is -2.26. The third-order valence-electron chi connectivity index (χ3n) is 4.37. The number of rotatable bonds is 10. The summed E-state index contributed by atoms with van der Waals surface area (Å²) in [6.45, 7) is 5.76. The maximum Gasteiger partial charge on any atom is 0.335 e. The van der Waals surface area contributed by atoms with Crippen molar-refractivity contribution in [1.29, 1.82) is 0 Å². The van der Waals surface area contributed by atoms with Crippen molar-refractivity contribution in [3.8, 4) is 11.8 Å². The first-order valence-electron chi connectivity index (χ1n) is 9.84. The van der Waals surface area contributed by atoms with Gasteiger partial charge in [0.2, 0.25) is 0 Å². The first kappa shape index (κ1) is 20.3. The van der Waals surface area contributed by atoms with Crippen molar-refractivity contribution in [3.63, 3.8) is 0 Å². The smallest absolute Gasteiger partial charge is 0.335 e. The van der Waals surface area contributed by atoms with E-state index in [-0.39, 0.29) is 5.97 Å². The molecule has 1 atom stereocenters. The number of carbonyl (C=O) groups is 1. The van der Waals surface area contributed by atoms with Gasteiger partial charge in [-0.15, -0.1) is 5.92 Å². The highest BCUT2D eigenvalue weighted by molar-refractivity contribution is 5.79. The van der Waals surface area contributed by atoms with Crippen LogP contribution >= 0.6 is 0 Å². The Morgan fingerprint density at radius 1 is 1.31 bits per heavy atom. The molecular weight excluding hydrogens is 322 g/mol. The number of allylic oxidation sites excluding steroid dienone is 1. The van der Waals surface area contributed by atoms with Crippen LogP contribution in [0.3, 0.4) is 0 Å². The predicted octanol–water partition coefficient (Wildman–Crippen LogP) is 4.58. The summed E-state index contributed by atoms with van der Waals surface area (Å²) in [6.07, 6.45) is 10.0. The summed E-state index contributed by atoms with van der Waals surface area (Å²) in [6, 6.07) is 9.72. The number of esters is 1. The third kappa shape index (κ3) is 7.45. The minimum atomic E-state index is -0.518. The molecule has 140 valence electrons. The minimum Gasteiger partial charge on any atom is -0.464 e. The van der Waals surface area contributed by atoms with E-state index in [0.29, 0.717) is 19.7 Å². The second kappa shape index (κ2) is 11.5. The third-order valence-corrected chi connectivity index (χ3v) is 4.37. The van der Waals surface area contributed by atoms with Gasteiger partial charge in [-0.05, 0) is 37.7 Å². The van der Waals surface area contributed by atoms with Crippen LogP contribution in [0.1, 0.15) is 51.5 Å². The number of hydrogen-bond donors (Lipinski definition) is 0. The number of hydrogen-bond acceptors (Lipinski definition) is 3. The number of unbranched alkanes of at least 4 members (excludes halogenated alkanes) is 2. The summed E-state index contributed by atoms with van der Waals surface area (Å²) in [5.41, 5.74) is 1.18. The summed E-state index contributed by atoms with van der Waals surface area (Å²) < 4.78 is 5.31. The average molecular weight is 354 g/mol. The van der Waals surface area contributed by atoms with E-state index in [1.807, 2.05) is 25.1 Å². The summed E-state index contributed by atoms with van der Waals surface area (Å²) in [5, 5.41) is 0. The van der Waals surface area contributed by atoms with Crippen molar-refractivity contribution in [3.05, 3.63) is 48.0 Å². The Bertz CT molecular complexity index is 623. The maximum absolute atomic E-state index is 12.6. The predicted molar refractivity (Wildman–Crippen MR) is 106 cm³/mol. The molecule has 1 fully saturated rings.